The quantitative estimate of drug-likeness (QED) is 0.780. The van der Waals surface area contributed by atoms with E-state index in [1.54, 1.807) is 6.33 Å². The second kappa shape index (κ2) is 3.54. The minimum atomic E-state index is 1.12. The molecule has 1 N–H and O–H groups in total. The van der Waals surface area contributed by atoms with Gasteiger partial charge >= 0.3 is 0 Å². The minimum absolute atomic E-state index is 1.12. The van der Waals surface area contributed by atoms with Gasteiger partial charge in [0.15, 0.2) is 0 Å². The maximum atomic E-state index is 4.09. The third-order valence-electron chi connectivity index (χ3n) is 2.29. The Kier molecular flexibility index (Phi) is 2.23. The molecule has 0 bridgehead atoms. The normalized spacial score (nSPS) is 10.1. The van der Waals surface area contributed by atoms with E-state index in [-0.39, 0.29) is 0 Å². The van der Waals surface area contributed by atoms with Crippen LogP contribution in [0.1, 0.15) is 0 Å². The average Bonchev–Trinajstić information content (AvgIpc) is 2.65. The van der Waals surface area contributed by atoms with Crippen molar-refractivity contribution in [2.75, 3.05) is 12.4 Å². The number of nitrogens with zero attached hydrogens (tertiary/aromatic N) is 2. The maximum absolute atomic E-state index is 4.09. The lowest BCUT2D eigenvalue weighted by molar-refractivity contribution is 0.921. The Bertz CT molecular complexity index is 414. The Morgan fingerprint density at radius 3 is 2.43 bits per heavy atom. The zero-order valence-corrected chi connectivity index (χ0v) is 8.36. The van der Waals surface area contributed by atoms with E-state index >= 15 is 0 Å². The number of anilines is 1. The van der Waals surface area contributed by atoms with Crippen LogP contribution in [0.5, 0.6) is 0 Å². The molecule has 0 aliphatic rings. The molecule has 0 atom stereocenters. The molecule has 3 heteroatoms. The van der Waals surface area contributed by atoms with Gasteiger partial charge in [-0.3, -0.25) is 0 Å². The highest BCUT2D eigenvalue weighted by Crippen LogP contribution is 2.19. The Labute approximate surface area is 83.4 Å². The van der Waals surface area contributed by atoms with Crippen molar-refractivity contribution in [3.63, 3.8) is 0 Å². The summed E-state index contributed by atoms with van der Waals surface area (Å²) in [5.41, 5.74) is 3.44. The van der Waals surface area contributed by atoms with Crippen LogP contribution in [0.25, 0.3) is 11.3 Å². The van der Waals surface area contributed by atoms with Gasteiger partial charge in [0.1, 0.15) is 0 Å². The van der Waals surface area contributed by atoms with E-state index in [0.717, 1.165) is 11.4 Å². The first kappa shape index (κ1) is 8.81. The highest BCUT2D eigenvalue weighted by molar-refractivity contribution is 5.62. The predicted molar refractivity (Wildman–Crippen MR) is 58.2 cm³/mol. The second-order valence-corrected chi connectivity index (χ2v) is 3.22. The molecule has 0 aliphatic carbocycles. The van der Waals surface area contributed by atoms with Gasteiger partial charge in [-0.15, -0.1) is 0 Å². The molecule has 1 aromatic heterocycles. The number of hydrogen-bond donors (Lipinski definition) is 1. The fraction of sp³-hybridized carbons (Fsp3) is 0.182. The lowest BCUT2D eigenvalue weighted by Crippen LogP contribution is -1.90. The topological polar surface area (TPSA) is 29.9 Å². The van der Waals surface area contributed by atoms with Gasteiger partial charge in [-0.25, -0.2) is 4.98 Å². The van der Waals surface area contributed by atoms with Crippen LogP contribution in [-0.4, -0.2) is 16.6 Å². The molecule has 2 aromatic rings. The van der Waals surface area contributed by atoms with Crippen LogP contribution in [0, 0.1) is 0 Å². The highest BCUT2D eigenvalue weighted by Gasteiger charge is 2.00. The fourth-order valence-corrected chi connectivity index (χ4v) is 1.44. The lowest BCUT2D eigenvalue weighted by Gasteiger charge is -2.03. The summed E-state index contributed by atoms with van der Waals surface area (Å²) in [5, 5.41) is 3.09. The van der Waals surface area contributed by atoms with E-state index in [4.69, 9.17) is 0 Å². The second-order valence-electron chi connectivity index (χ2n) is 3.22. The molecule has 1 aromatic carbocycles. The van der Waals surface area contributed by atoms with Gasteiger partial charge in [-0.2, -0.15) is 0 Å². The van der Waals surface area contributed by atoms with E-state index < -0.39 is 0 Å². The Balaban J connectivity index is 2.39. The summed E-state index contributed by atoms with van der Waals surface area (Å²) in [6.45, 7) is 0. The highest BCUT2D eigenvalue weighted by atomic mass is 15.0. The van der Waals surface area contributed by atoms with Crippen molar-refractivity contribution in [2.24, 2.45) is 7.05 Å². The van der Waals surface area contributed by atoms with Gasteiger partial charge in [0.05, 0.1) is 18.2 Å². The molecule has 14 heavy (non-hydrogen) atoms. The lowest BCUT2D eigenvalue weighted by atomic mass is 10.1. The van der Waals surface area contributed by atoms with Crippen LogP contribution < -0.4 is 5.32 Å². The molecule has 0 spiro atoms. The average molecular weight is 187 g/mol. The molecule has 0 saturated heterocycles. The predicted octanol–water partition coefficient (Wildman–Crippen LogP) is 2.13. The monoisotopic (exact) mass is 187 g/mol. The number of benzene rings is 1. The Morgan fingerprint density at radius 2 is 1.93 bits per heavy atom. The van der Waals surface area contributed by atoms with Crippen molar-refractivity contribution < 1.29 is 0 Å². The number of nitrogens with one attached hydrogen (secondary N) is 1. The summed E-state index contributed by atoms with van der Waals surface area (Å²) >= 11 is 0. The molecule has 0 amide bonds. The van der Waals surface area contributed by atoms with Crippen molar-refractivity contribution in [1.82, 2.24) is 9.55 Å². The molecular formula is C11H13N3. The number of aromatic nitrogens is 2. The minimum Gasteiger partial charge on any atom is -0.388 e. The zero-order valence-electron chi connectivity index (χ0n) is 8.36. The van der Waals surface area contributed by atoms with Crippen LogP contribution in [-0.2, 0) is 7.05 Å². The van der Waals surface area contributed by atoms with E-state index in [0.29, 0.717) is 0 Å². The van der Waals surface area contributed by atoms with Crippen LogP contribution in [0.3, 0.4) is 0 Å². The van der Waals surface area contributed by atoms with Gasteiger partial charge in [0.2, 0.25) is 0 Å². The molecule has 3 nitrogen and oxygen atoms in total. The van der Waals surface area contributed by atoms with Gasteiger partial charge in [-0.1, -0.05) is 12.1 Å². The van der Waals surface area contributed by atoms with Crippen LogP contribution in [0.4, 0.5) is 5.69 Å². The van der Waals surface area contributed by atoms with Crippen LogP contribution in [0.2, 0.25) is 0 Å². The molecule has 0 unspecified atom stereocenters. The van der Waals surface area contributed by atoms with E-state index in [1.165, 1.54) is 5.56 Å². The maximum Gasteiger partial charge on any atom is 0.0948 e. The summed E-state index contributed by atoms with van der Waals surface area (Å²) in [4.78, 5) is 4.09. The fourth-order valence-electron chi connectivity index (χ4n) is 1.44. The van der Waals surface area contributed by atoms with Gasteiger partial charge in [-0.05, 0) is 17.7 Å². The summed E-state index contributed by atoms with van der Waals surface area (Å²) in [6, 6.07) is 8.29. The first-order chi connectivity index (χ1) is 6.81. The number of hydrogen-bond acceptors (Lipinski definition) is 2. The Morgan fingerprint density at radius 1 is 1.21 bits per heavy atom. The van der Waals surface area contributed by atoms with Crippen molar-refractivity contribution >= 4 is 5.69 Å². The number of rotatable bonds is 2. The third kappa shape index (κ3) is 1.48. The zero-order chi connectivity index (χ0) is 9.97. The van der Waals surface area contributed by atoms with E-state index in [9.17, 15) is 0 Å². The van der Waals surface area contributed by atoms with Crippen LogP contribution >= 0.6 is 0 Å². The molecule has 0 aliphatic heterocycles. The summed E-state index contributed by atoms with van der Waals surface area (Å²) in [6.07, 6.45) is 3.68. The smallest absolute Gasteiger partial charge is 0.0948 e. The molecule has 0 saturated carbocycles. The van der Waals surface area contributed by atoms with E-state index in [2.05, 4.69) is 34.6 Å². The van der Waals surface area contributed by atoms with Crippen molar-refractivity contribution in [3.8, 4) is 11.3 Å². The van der Waals surface area contributed by atoms with Crippen molar-refractivity contribution in [3.05, 3.63) is 36.8 Å². The van der Waals surface area contributed by atoms with Crippen molar-refractivity contribution in [1.29, 1.82) is 0 Å². The molecule has 0 fully saturated rings. The molecule has 2 rings (SSSR count). The van der Waals surface area contributed by atoms with Crippen molar-refractivity contribution in [2.45, 2.75) is 0 Å². The number of aryl methyl sites for hydroxylation is 1. The summed E-state index contributed by atoms with van der Waals surface area (Å²) in [7, 11) is 3.91. The van der Waals surface area contributed by atoms with Gasteiger partial charge < -0.3 is 9.88 Å². The molecular weight excluding hydrogens is 174 g/mol. The first-order valence-electron chi connectivity index (χ1n) is 4.56. The standard InChI is InChI=1S/C11H13N3/c1-12-10-5-3-9(4-6-10)11-7-13-8-14(11)2/h3-8,12H,1-2H3. The van der Waals surface area contributed by atoms with Gasteiger partial charge in [0.25, 0.3) is 0 Å². The molecule has 1 heterocycles. The summed E-state index contributed by atoms with van der Waals surface area (Å²) in [5.74, 6) is 0. The Hall–Kier alpha value is -1.77. The third-order valence-corrected chi connectivity index (χ3v) is 2.29. The molecule has 0 radical (unpaired) electrons. The summed E-state index contributed by atoms with van der Waals surface area (Å²) < 4.78 is 2.01. The van der Waals surface area contributed by atoms with E-state index in [1.807, 2.05) is 24.9 Å². The molecule has 72 valence electrons. The SMILES string of the molecule is CNc1ccc(-c2cncn2C)cc1. The first-order valence-corrected chi connectivity index (χ1v) is 4.56. The van der Waals surface area contributed by atoms with Crippen LogP contribution in [0.15, 0.2) is 36.8 Å². The number of imidazole rings is 1. The van der Waals surface area contributed by atoms with Gasteiger partial charge in [0, 0.05) is 19.8 Å². The largest absolute Gasteiger partial charge is 0.388 e.